The highest BCUT2D eigenvalue weighted by Gasteiger charge is 2.30. The number of hydroxylamine groups is 1. The topological polar surface area (TPSA) is 129 Å². The first-order valence-corrected chi connectivity index (χ1v) is 12.1. The van der Waals surface area contributed by atoms with Crippen LogP contribution in [0.15, 0.2) is 58.6 Å². The van der Waals surface area contributed by atoms with Gasteiger partial charge in [0.1, 0.15) is 4.90 Å². The van der Waals surface area contributed by atoms with Crippen LogP contribution < -0.4 is 5.32 Å². The number of rotatable bonds is 6. The van der Waals surface area contributed by atoms with Gasteiger partial charge < -0.3 is 10.2 Å². The molecule has 1 aromatic carbocycles. The van der Waals surface area contributed by atoms with Gasteiger partial charge in [0.25, 0.3) is 10.0 Å². The monoisotopic (exact) mass is 469 g/mol. The number of aromatic nitrogens is 1. The highest BCUT2D eigenvalue weighted by atomic mass is 32.2. The van der Waals surface area contributed by atoms with Crippen molar-refractivity contribution in [3.8, 4) is 0 Å². The number of nitrogens with zero attached hydrogens (tertiary/aromatic N) is 4. The van der Waals surface area contributed by atoms with Crippen molar-refractivity contribution >= 4 is 31.8 Å². The quantitative estimate of drug-likeness (QED) is 0.620. The normalized spacial score (nSPS) is 15.8. The van der Waals surface area contributed by atoms with Crippen LogP contribution in [0.4, 0.5) is 10.5 Å². The van der Waals surface area contributed by atoms with E-state index in [-0.39, 0.29) is 36.0 Å². The van der Waals surface area contributed by atoms with Crippen LogP contribution in [-0.4, -0.2) is 81.9 Å². The van der Waals surface area contributed by atoms with Gasteiger partial charge in [-0.15, -0.1) is 0 Å². The number of amides is 2. The van der Waals surface area contributed by atoms with Crippen molar-refractivity contribution in [1.82, 2.24) is 18.7 Å². The molecule has 168 valence electrons. The Morgan fingerprint density at radius 2 is 1.68 bits per heavy atom. The molecule has 3 rings (SSSR count). The Morgan fingerprint density at radius 3 is 2.23 bits per heavy atom. The van der Waals surface area contributed by atoms with E-state index in [1.807, 2.05) is 0 Å². The summed E-state index contributed by atoms with van der Waals surface area (Å²) in [6, 6.07) is 8.30. The zero-order valence-electron chi connectivity index (χ0n) is 17.0. The lowest BCUT2D eigenvalue weighted by molar-refractivity contribution is -0.0258. The molecule has 1 fully saturated rings. The molecule has 2 aromatic rings. The molecule has 0 aliphatic carbocycles. The molecule has 1 aliphatic heterocycles. The minimum atomic E-state index is -3.78. The number of sulfonamides is 2. The summed E-state index contributed by atoms with van der Waals surface area (Å²) >= 11 is 0. The zero-order valence-corrected chi connectivity index (χ0v) is 18.6. The number of anilines is 1. The standard InChI is InChI=1S/C18H23N5O6S2/c1-21(29-2)30(25,26)16-7-5-15(6-8-16)20-18(24)22-10-12-23(13-11-22)31(27,28)17-4-3-9-19-14-17/h3-9,14H,10-13H2,1-2H3,(H,20,24). The van der Waals surface area contributed by atoms with Gasteiger partial charge >= 0.3 is 6.03 Å². The third-order valence-corrected chi connectivity index (χ3v) is 8.37. The molecular weight excluding hydrogens is 446 g/mol. The molecular formula is C18H23N5O6S2. The molecule has 1 N–H and O–H groups in total. The molecule has 2 amide bonds. The molecule has 13 heteroatoms. The summed E-state index contributed by atoms with van der Waals surface area (Å²) in [7, 11) is -4.91. The average molecular weight is 470 g/mol. The van der Waals surface area contributed by atoms with Crippen molar-refractivity contribution in [3.05, 3.63) is 48.8 Å². The molecule has 1 aromatic heterocycles. The van der Waals surface area contributed by atoms with E-state index >= 15 is 0 Å². The van der Waals surface area contributed by atoms with Gasteiger partial charge in [0.05, 0.1) is 12.0 Å². The van der Waals surface area contributed by atoms with Crippen LogP contribution in [0.3, 0.4) is 0 Å². The number of carbonyl (C=O) groups excluding carboxylic acids is 1. The number of nitrogens with one attached hydrogen (secondary N) is 1. The Balaban J connectivity index is 1.59. The van der Waals surface area contributed by atoms with Crippen molar-refractivity contribution < 1.29 is 26.5 Å². The Bertz CT molecular complexity index is 1120. The molecule has 0 bridgehead atoms. The van der Waals surface area contributed by atoms with E-state index in [1.54, 1.807) is 6.07 Å². The number of benzene rings is 1. The first-order valence-electron chi connectivity index (χ1n) is 9.25. The lowest BCUT2D eigenvalue weighted by atomic mass is 10.3. The lowest BCUT2D eigenvalue weighted by Gasteiger charge is -2.33. The zero-order chi connectivity index (χ0) is 22.6. The summed E-state index contributed by atoms with van der Waals surface area (Å²) in [6.45, 7) is 0.753. The molecule has 0 spiro atoms. The number of carbonyl (C=O) groups is 1. The molecule has 31 heavy (non-hydrogen) atoms. The fraction of sp³-hybridized carbons (Fsp3) is 0.333. The van der Waals surface area contributed by atoms with Crippen LogP contribution in [0.5, 0.6) is 0 Å². The predicted octanol–water partition coefficient (Wildman–Crippen LogP) is 0.802. The van der Waals surface area contributed by atoms with Crippen molar-refractivity contribution in [2.75, 3.05) is 45.7 Å². The average Bonchev–Trinajstić information content (AvgIpc) is 2.79. The fourth-order valence-corrected chi connectivity index (χ4v) is 5.30. The van der Waals surface area contributed by atoms with Crippen molar-refractivity contribution in [1.29, 1.82) is 0 Å². The third kappa shape index (κ3) is 5.02. The summed E-state index contributed by atoms with van der Waals surface area (Å²) < 4.78 is 51.8. The van der Waals surface area contributed by atoms with Crippen LogP contribution >= 0.6 is 0 Å². The summed E-state index contributed by atoms with van der Waals surface area (Å²) in [5, 5.41) is 2.69. The van der Waals surface area contributed by atoms with Crippen LogP contribution in [0.25, 0.3) is 0 Å². The second kappa shape index (κ2) is 9.28. The molecule has 0 unspecified atom stereocenters. The fourth-order valence-electron chi connectivity index (χ4n) is 2.94. The van der Waals surface area contributed by atoms with E-state index in [1.165, 1.54) is 66.1 Å². The van der Waals surface area contributed by atoms with Crippen LogP contribution in [0.2, 0.25) is 0 Å². The predicted molar refractivity (Wildman–Crippen MR) is 112 cm³/mol. The maximum Gasteiger partial charge on any atom is 0.321 e. The van der Waals surface area contributed by atoms with Crippen molar-refractivity contribution in [2.24, 2.45) is 0 Å². The number of hydrogen-bond donors (Lipinski definition) is 1. The summed E-state index contributed by atoms with van der Waals surface area (Å²) in [5.41, 5.74) is 0.412. The van der Waals surface area contributed by atoms with Gasteiger partial charge in [-0.25, -0.2) is 21.6 Å². The maximum atomic E-state index is 12.6. The van der Waals surface area contributed by atoms with Gasteiger partial charge in [0, 0.05) is 51.3 Å². The van der Waals surface area contributed by atoms with Gasteiger partial charge in [-0.05, 0) is 36.4 Å². The Morgan fingerprint density at radius 1 is 1.03 bits per heavy atom. The second-order valence-electron chi connectivity index (χ2n) is 6.63. The molecule has 2 heterocycles. The van der Waals surface area contributed by atoms with E-state index in [2.05, 4.69) is 10.3 Å². The Hall–Kier alpha value is -2.58. The molecule has 0 saturated carbocycles. The van der Waals surface area contributed by atoms with Gasteiger partial charge in [-0.2, -0.15) is 4.31 Å². The summed E-state index contributed by atoms with van der Waals surface area (Å²) in [4.78, 5) is 22.7. The van der Waals surface area contributed by atoms with Gasteiger partial charge in [0.2, 0.25) is 10.0 Å². The van der Waals surface area contributed by atoms with Crippen molar-refractivity contribution in [3.63, 3.8) is 0 Å². The minimum Gasteiger partial charge on any atom is -0.322 e. The van der Waals surface area contributed by atoms with Crippen LogP contribution in [0.1, 0.15) is 0 Å². The number of hydrogen-bond acceptors (Lipinski definition) is 7. The van der Waals surface area contributed by atoms with Crippen LogP contribution in [-0.2, 0) is 24.9 Å². The van der Waals surface area contributed by atoms with Crippen LogP contribution in [0, 0.1) is 0 Å². The molecule has 0 radical (unpaired) electrons. The number of urea groups is 1. The molecule has 1 saturated heterocycles. The third-order valence-electron chi connectivity index (χ3n) is 4.80. The maximum absolute atomic E-state index is 12.6. The van der Waals surface area contributed by atoms with E-state index in [4.69, 9.17) is 4.84 Å². The SMILES string of the molecule is CON(C)S(=O)(=O)c1ccc(NC(=O)N2CCN(S(=O)(=O)c3cccnc3)CC2)cc1. The molecule has 1 aliphatic rings. The van der Waals surface area contributed by atoms with Gasteiger partial charge in [-0.3, -0.25) is 9.82 Å². The van der Waals surface area contributed by atoms with Gasteiger partial charge in [0.15, 0.2) is 0 Å². The highest BCUT2D eigenvalue weighted by molar-refractivity contribution is 7.89. The van der Waals surface area contributed by atoms with E-state index in [0.717, 1.165) is 4.47 Å². The summed E-state index contributed by atoms with van der Waals surface area (Å²) in [6.07, 6.45) is 2.79. The highest BCUT2D eigenvalue weighted by Crippen LogP contribution is 2.19. The van der Waals surface area contributed by atoms with E-state index in [9.17, 15) is 21.6 Å². The second-order valence-corrected chi connectivity index (χ2v) is 10.5. The Labute approximate surface area is 181 Å². The first kappa shape index (κ1) is 23.1. The molecule has 0 atom stereocenters. The van der Waals surface area contributed by atoms with E-state index < -0.39 is 26.1 Å². The Kier molecular flexibility index (Phi) is 6.91. The largest absolute Gasteiger partial charge is 0.322 e. The molecule has 11 nitrogen and oxygen atoms in total. The first-order chi connectivity index (χ1) is 14.7. The minimum absolute atomic E-state index is 0.0177. The smallest absolute Gasteiger partial charge is 0.321 e. The number of pyridine rings is 1. The number of piperazine rings is 1. The van der Waals surface area contributed by atoms with Crippen molar-refractivity contribution in [2.45, 2.75) is 9.79 Å². The van der Waals surface area contributed by atoms with Gasteiger partial charge in [-0.1, -0.05) is 4.47 Å². The lowest BCUT2D eigenvalue weighted by Crippen LogP contribution is -2.51. The summed E-state index contributed by atoms with van der Waals surface area (Å²) in [5.74, 6) is 0. The van der Waals surface area contributed by atoms with E-state index in [0.29, 0.717) is 5.69 Å².